The second kappa shape index (κ2) is 9.36. The Morgan fingerprint density at radius 3 is 1.69 bits per heavy atom. The van der Waals surface area contributed by atoms with Crippen LogP contribution in [0.5, 0.6) is 0 Å². The Labute approximate surface area is 126 Å². The first kappa shape index (κ1) is 19.4. The summed E-state index contributed by atoms with van der Waals surface area (Å²) in [7, 11) is 0. The average Bonchev–Trinajstić information content (AvgIpc) is 1.88. The van der Waals surface area contributed by atoms with Crippen molar-refractivity contribution in [3.8, 4) is 0 Å². The maximum absolute atomic E-state index is 3.88. The van der Waals surface area contributed by atoms with E-state index in [2.05, 4.69) is 13.8 Å². The van der Waals surface area contributed by atoms with Gasteiger partial charge in [0.05, 0.1) is 0 Å². The van der Waals surface area contributed by atoms with Crippen molar-refractivity contribution >= 4 is 0 Å². The van der Waals surface area contributed by atoms with Crippen LogP contribution >= 0.6 is 0 Å². The smallest absolute Gasteiger partial charge is 0 e. The van der Waals surface area contributed by atoms with Gasteiger partial charge in [-0.05, 0) is 0 Å². The summed E-state index contributed by atoms with van der Waals surface area (Å²) in [5, 5.41) is 0. The molecule has 0 bridgehead atoms. The molecule has 13 heavy (non-hydrogen) atoms. The van der Waals surface area contributed by atoms with Gasteiger partial charge in [0.2, 0.25) is 0 Å². The standard InChI is InChI=1S/C10H11.CH3.2Pu/c1-4-10-8(2)6-5-7-9(10)3;;;/h4-7H,2-3H2,1H3;1H3;;/q-3;-1;;. The van der Waals surface area contributed by atoms with Crippen molar-refractivity contribution in [3.05, 3.63) is 62.6 Å². The van der Waals surface area contributed by atoms with Crippen LogP contribution in [0.25, 0.3) is 0 Å². The first-order valence-electron chi connectivity index (χ1n) is 3.32. The maximum Gasteiger partial charge on any atom is 0 e. The molecule has 0 aromatic heterocycles. The van der Waals surface area contributed by atoms with Gasteiger partial charge >= 0.3 is 0 Å². The Balaban J connectivity index is -0.000000333. The Bertz CT molecular complexity index is 211. The Hall–Kier alpha value is 0.804. The van der Waals surface area contributed by atoms with E-state index in [1.165, 1.54) is 0 Å². The summed E-state index contributed by atoms with van der Waals surface area (Å²) < 4.78 is 0. The molecule has 0 nitrogen and oxygen atoms in total. The molecular formula is C11H14Pu2-4. The monoisotopic (exact) mass is 622 g/mol. The van der Waals surface area contributed by atoms with Gasteiger partial charge in [0.25, 0.3) is 0 Å². The molecule has 0 amide bonds. The zero-order valence-electron chi connectivity index (χ0n) is 8.04. The van der Waals surface area contributed by atoms with Crippen LogP contribution < -0.4 is 0 Å². The quantitative estimate of drug-likeness (QED) is 0.418. The second-order valence-corrected chi connectivity index (χ2v) is 2.28. The average molecular weight is 634 g/mol. The molecule has 0 aliphatic heterocycles. The van der Waals surface area contributed by atoms with E-state index in [0.29, 0.717) is 0 Å². The van der Waals surface area contributed by atoms with Gasteiger partial charge in [-0.2, -0.15) is 6.07 Å². The van der Waals surface area contributed by atoms with Crippen molar-refractivity contribution in [1.82, 2.24) is 0 Å². The molecule has 0 unspecified atom stereocenters. The number of rotatable bonds is 1. The van der Waals surface area contributed by atoms with Crippen LogP contribution in [0.4, 0.5) is 0 Å². The molecule has 0 saturated heterocycles. The fourth-order valence-corrected chi connectivity index (χ4v) is 1.04. The molecule has 2 heteroatoms. The molecule has 1 aromatic carbocycles. The minimum atomic E-state index is 0. The van der Waals surface area contributed by atoms with Crippen LogP contribution in [0.2, 0.25) is 0 Å². The van der Waals surface area contributed by atoms with Gasteiger partial charge in [0, 0.05) is 58.3 Å². The number of hydrogen-bond acceptors (Lipinski definition) is 0. The van der Waals surface area contributed by atoms with E-state index < -0.39 is 0 Å². The van der Waals surface area contributed by atoms with Crippen molar-refractivity contribution in [1.29, 1.82) is 0 Å². The summed E-state index contributed by atoms with van der Waals surface area (Å²) in [6, 6.07) is 5.95. The number of hydrogen-bond donors (Lipinski definition) is 0. The molecule has 0 heterocycles. The minimum Gasteiger partial charge on any atom is -0.358 e. The topological polar surface area (TPSA) is 0 Å². The zero-order valence-corrected chi connectivity index (χ0v) is 14.8. The Kier molecular flexibility index (Phi) is 14.0. The first-order chi connectivity index (χ1) is 4.75. The van der Waals surface area contributed by atoms with Crippen LogP contribution in [-0.2, 0) is 0 Å². The molecule has 0 fully saturated rings. The summed E-state index contributed by atoms with van der Waals surface area (Å²) in [6.45, 7) is 9.76. The molecule has 74 valence electrons. The third-order valence-electron chi connectivity index (χ3n) is 1.58. The Morgan fingerprint density at radius 2 is 1.46 bits per heavy atom. The van der Waals surface area contributed by atoms with E-state index in [1.54, 1.807) is 0 Å². The minimum absolute atomic E-state index is 0. The second-order valence-electron chi connectivity index (χ2n) is 2.28. The molecule has 0 spiro atoms. The van der Waals surface area contributed by atoms with E-state index in [4.69, 9.17) is 0 Å². The predicted molar refractivity (Wildman–Crippen MR) is 50.9 cm³/mol. The van der Waals surface area contributed by atoms with Crippen molar-refractivity contribution < 1.29 is 58.3 Å². The van der Waals surface area contributed by atoms with E-state index in [1.807, 2.05) is 31.5 Å². The molecular weight excluding hydrogens is 620 g/mol. The number of benzene rings is 1. The van der Waals surface area contributed by atoms with Crippen LogP contribution in [0.3, 0.4) is 0 Å². The van der Waals surface area contributed by atoms with Gasteiger partial charge < -0.3 is 24.1 Å². The fourth-order valence-electron chi connectivity index (χ4n) is 1.04. The van der Waals surface area contributed by atoms with Crippen molar-refractivity contribution in [2.24, 2.45) is 0 Å². The molecule has 0 aliphatic carbocycles. The molecule has 0 aliphatic rings. The third kappa shape index (κ3) is 5.29. The van der Waals surface area contributed by atoms with Gasteiger partial charge in [0.15, 0.2) is 0 Å². The van der Waals surface area contributed by atoms with Gasteiger partial charge in [-0.15, -0.1) is 6.92 Å². The summed E-state index contributed by atoms with van der Waals surface area (Å²) in [6.07, 6.45) is 2.03. The van der Waals surface area contributed by atoms with Crippen LogP contribution in [0.15, 0.2) is 18.2 Å². The van der Waals surface area contributed by atoms with Gasteiger partial charge in [-0.3, -0.25) is 13.8 Å². The summed E-state index contributed by atoms with van der Waals surface area (Å²) in [4.78, 5) is 0. The predicted octanol–water partition coefficient (Wildman–Crippen LogP) is 3.07. The van der Waals surface area contributed by atoms with Gasteiger partial charge in [-0.25, -0.2) is 18.6 Å². The first-order valence-corrected chi connectivity index (χ1v) is 3.32. The maximum atomic E-state index is 3.88. The van der Waals surface area contributed by atoms with E-state index in [-0.39, 0.29) is 65.8 Å². The van der Waals surface area contributed by atoms with E-state index in [0.717, 1.165) is 16.7 Å². The third-order valence-corrected chi connectivity index (χ3v) is 1.58. The summed E-state index contributed by atoms with van der Waals surface area (Å²) in [5.74, 6) is 0. The van der Waals surface area contributed by atoms with Crippen molar-refractivity contribution in [2.75, 3.05) is 0 Å². The largest absolute Gasteiger partial charge is 0.358 e. The van der Waals surface area contributed by atoms with Crippen molar-refractivity contribution in [2.45, 2.75) is 6.92 Å². The summed E-state index contributed by atoms with van der Waals surface area (Å²) >= 11 is 0. The molecule has 1 rings (SSSR count). The van der Waals surface area contributed by atoms with Gasteiger partial charge in [0.1, 0.15) is 0 Å². The van der Waals surface area contributed by atoms with Crippen molar-refractivity contribution in [3.63, 3.8) is 0 Å². The molecule has 0 saturated carbocycles. The molecule has 0 atom stereocenters. The van der Waals surface area contributed by atoms with Gasteiger partial charge in [-0.1, -0.05) is 0 Å². The Morgan fingerprint density at radius 1 is 1.08 bits per heavy atom. The SMILES string of the molecule is [CH2-]c1cccc([CH2-])c1[CH-]C.[CH3-].[Pu].[Pu]. The van der Waals surface area contributed by atoms with Crippen LogP contribution in [0.1, 0.15) is 23.6 Å². The molecule has 1 aromatic rings. The van der Waals surface area contributed by atoms with E-state index >= 15 is 0 Å². The van der Waals surface area contributed by atoms with Crippen LogP contribution in [0, 0.1) is 86.0 Å². The normalized spacial score (nSPS) is 7.15. The fraction of sp³-hybridized carbons (Fsp3) is 0.0909. The summed E-state index contributed by atoms with van der Waals surface area (Å²) in [5.41, 5.74) is 3.26. The zero-order chi connectivity index (χ0) is 7.56. The van der Waals surface area contributed by atoms with E-state index in [9.17, 15) is 0 Å². The van der Waals surface area contributed by atoms with Crippen LogP contribution in [-0.4, -0.2) is 0 Å². The molecule has 0 radical (unpaired) electrons. The molecule has 0 N–H and O–H groups in total.